The van der Waals surface area contributed by atoms with Gasteiger partial charge < -0.3 is 32.5 Å². The minimum absolute atomic E-state index is 0.00295. The third-order valence-corrected chi connectivity index (χ3v) is 5.75. The van der Waals surface area contributed by atoms with E-state index in [1.54, 1.807) is 4.90 Å². The van der Waals surface area contributed by atoms with Gasteiger partial charge in [0.25, 0.3) is 5.91 Å². The number of benzene rings is 1. The van der Waals surface area contributed by atoms with Gasteiger partial charge in [0.15, 0.2) is 12.0 Å². The Bertz CT molecular complexity index is 744. The molecule has 2 rings (SSSR count). The predicted octanol–water partition coefficient (Wildman–Crippen LogP) is -1.03. The van der Waals surface area contributed by atoms with Crippen molar-refractivity contribution in [3.63, 3.8) is 0 Å². The zero-order chi connectivity index (χ0) is 22.8. The molecular formula is C21H34ClN6O3+. The number of nitrogens with two attached hydrogens (primary N) is 2. The lowest BCUT2D eigenvalue weighted by Gasteiger charge is -2.29. The van der Waals surface area contributed by atoms with E-state index in [2.05, 4.69) is 16.0 Å². The van der Waals surface area contributed by atoms with Gasteiger partial charge in [0.2, 0.25) is 5.91 Å². The summed E-state index contributed by atoms with van der Waals surface area (Å²) in [4.78, 5) is 31.5. The van der Waals surface area contributed by atoms with Crippen LogP contribution >= 0.6 is 11.6 Å². The van der Waals surface area contributed by atoms with E-state index in [1.165, 1.54) is 0 Å². The van der Waals surface area contributed by atoms with Crippen LogP contribution in [0.2, 0.25) is 0 Å². The summed E-state index contributed by atoms with van der Waals surface area (Å²) >= 11 is 5.81. The highest BCUT2D eigenvalue weighted by molar-refractivity contribution is 6.18. The first-order valence-electron chi connectivity index (χ1n) is 10.6. The molecule has 1 aromatic rings. The fourth-order valence-corrected chi connectivity index (χ4v) is 4.01. The van der Waals surface area contributed by atoms with Gasteiger partial charge in [0.05, 0.1) is 18.0 Å². The second-order valence-corrected chi connectivity index (χ2v) is 8.17. The molecule has 172 valence electrons. The molecular weight excluding hydrogens is 420 g/mol. The molecule has 1 heterocycles. The van der Waals surface area contributed by atoms with E-state index < -0.39 is 24.2 Å². The summed E-state index contributed by atoms with van der Waals surface area (Å²) in [5, 5.41) is 13.1. The lowest BCUT2D eigenvalue weighted by atomic mass is 10.0. The van der Waals surface area contributed by atoms with Gasteiger partial charge in [-0.1, -0.05) is 30.3 Å². The van der Waals surface area contributed by atoms with Crippen LogP contribution in [-0.4, -0.2) is 71.0 Å². The summed E-state index contributed by atoms with van der Waals surface area (Å²) in [7, 11) is 0. The molecule has 9 nitrogen and oxygen atoms in total. The van der Waals surface area contributed by atoms with Crippen LogP contribution in [-0.2, 0) is 16.0 Å². The van der Waals surface area contributed by atoms with E-state index in [0.717, 1.165) is 12.0 Å². The third-order valence-electron chi connectivity index (χ3n) is 5.43. The summed E-state index contributed by atoms with van der Waals surface area (Å²) in [6, 6.07) is 8.10. The predicted molar refractivity (Wildman–Crippen MR) is 120 cm³/mol. The molecule has 1 aliphatic rings. The van der Waals surface area contributed by atoms with E-state index in [9.17, 15) is 14.7 Å². The SMILES string of the molecule is NC(N)=NCCC[C@H](NC(=O)[C@@H]1CCCN1C(=O)[C@H]([NH3+])Cc1ccccc1)[C@H](O)CCl. The maximum atomic E-state index is 13.0. The van der Waals surface area contributed by atoms with Gasteiger partial charge in [-0.25, -0.2) is 0 Å². The minimum Gasteiger partial charge on any atom is -0.390 e. The number of amides is 2. The highest BCUT2D eigenvalue weighted by atomic mass is 35.5. The van der Waals surface area contributed by atoms with Crippen molar-refractivity contribution in [1.29, 1.82) is 0 Å². The number of carbonyl (C=O) groups is 2. The number of nitrogens with one attached hydrogen (secondary N) is 1. The Morgan fingerprint density at radius 2 is 2.03 bits per heavy atom. The Labute approximate surface area is 188 Å². The van der Waals surface area contributed by atoms with E-state index in [4.69, 9.17) is 23.1 Å². The van der Waals surface area contributed by atoms with Crippen LogP contribution in [0.5, 0.6) is 0 Å². The molecule has 0 bridgehead atoms. The molecule has 1 aromatic carbocycles. The summed E-state index contributed by atoms with van der Waals surface area (Å²) in [6.07, 6.45) is 1.96. The van der Waals surface area contributed by atoms with E-state index in [0.29, 0.717) is 38.8 Å². The Balaban J connectivity index is 1.97. The Morgan fingerprint density at radius 3 is 2.68 bits per heavy atom. The molecule has 10 heteroatoms. The molecule has 2 amide bonds. The number of hydrogen-bond donors (Lipinski definition) is 5. The average molecular weight is 454 g/mol. The first kappa shape index (κ1) is 24.9. The van der Waals surface area contributed by atoms with Gasteiger partial charge >= 0.3 is 0 Å². The summed E-state index contributed by atoms with van der Waals surface area (Å²) < 4.78 is 0. The van der Waals surface area contributed by atoms with Crippen molar-refractivity contribution in [3.05, 3.63) is 35.9 Å². The topological polar surface area (TPSA) is 162 Å². The molecule has 1 aliphatic heterocycles. The molecule has 0 aromatic heterocycles. The number of rotatable bonds is 11. The molecule has 0 saturated carbocycles. The standard InChI is InChI=1S/C21H33ClN6O3/c22-13-18(29)16(8-4-10-26-21(24)25)27-19(30)17-9-5-11-28(17)20(31)15(23)12-14-6-2-1-3-7-14/h1-3,6-7,15-18,29H,4-5,8-13,23H2,(H,27,30)(H4,24,25,26)/p+1/t15-,16+,17+,18-/m1/s1. The maximum absolute atomic E-state index is 13.0. The number of aliphatic hydroxyl groups is 1. The molecule has 31 heavy (non-hydrogen) atoms. The Kier molecular flexibility index (Phi) is 10.0. The quantitative estimate of drug-likeness (QED) is 0.125. The average Bonchev–Trinajstić information content (AvgIpc) is 3.25. The van der Waals surface area contributed by atoms with Crippen LogP contribution < -0.4 is 22.5 Å². The molecule has 1 saturated heterocycles. The van der Waals surface area contributed by atoms with Crippen molar-refractivity contribution in [2.75, 3.05) is 19.0 Å². The fourth-order valence-electron chi connectivity index (χ4n) is 3.79. The monoisotopic (exact) mass is 453 g/mol. The molecule has 0 spiro atoms. The van der Waals surface area contributed by atoms with Gasteiger partial charge in [0.1, 0.15) is 6.04 Å². The number of guanidine groups is 1. The number of quaternary nitrogens is 1. The minimum atomic E-state index is -0.908. The van der Waals surface area contributed by atoms with Crippen molar-refractivity contribution >= 4 is 29.4 Å². The smallest absolute Gasteiger partial charge is 0.281 e. The fraction of sp³-hybridized carbons (Fsp3) is 0.571. The number of likely N-dealkylation sites (tertiary alicyclic amines) is 1. The van der Waals surface area contributed by atoms with Crippen LogP contribution in [0, 0.1) is 0 Å². The number of aliphatic imine (C=N–C) groups is 1. The highest BCUT2D eigenvalue weighted by Crippen LogP contribution is 2.20. The summed E-state index contributed by atoms with van der Waals surface area (Å²) in [6.45, 7) is 0.908. The van der Waals surface area contributed by atoms with Gasteiger partial charge in [0, 0.05) is 19.5 Å². The van der Waals surface area contributed by atoms with Crippen molar-refractivity contribution in [3.8, 4) is 0 Å². The summed E-state index contributed by atoms with van der Waals surface area (Å²) in [5.74, 6) is -0.437. The molecule has 0 unspecified atom stereocenters. The number of aliphatic hydroxyl groups excluding tert-OH is 1. The van der Waals surface area contributed by atoms with Crippen molar-refractivity contribution in [1.82, 2.24) is 10.2 Å². The number of halogens is 1. The second-order valence-electron chi connectivity index (χ2n) is 7.86. The number of alkyl halides is 1. The lowest BCUT2D eigenvalue weighted by molar-refractivity contribution is -0.405. The summed E-state index contributed by atoms with van der Waals surface area (Å²) in [5.41, 5.74) is 15.7. The van der Waals surface area contributed by atoms with E-state index in [-0.39, 0.29) is 23.7 Å². The molecule has 1 fully saturated rings. The van der Waals surface area contributed by atoms with Crippen LogP contribution in [0.15, 0.2) is 35.3 Å². The van der Waals surface area contributed by atoms with E-state index in [1.807, 2.05) is 30.3 Å². The second kappa shape index (κ2) is 12.5. The van der Waals surface area contributed by atoms with Crippen molar-refractivity contribution < 1.29 is 20.4 Å². The third kappa shape index (κ3) is 7.68. The zero-order valence-electron chi connectivity index (χ0n) is 17.8. The first-order chi connectivity index (χ1) is 14.8. The van der Waals surface area contributed by atoms with Crippen molar-refractivity contribution in [2.24, 2.45) is 16.5 Å². The van der Waals surface area contributed by atoms with E-state index >= 15 is 0 Å². The largest absolute Gasteiger partial charge is 0.390 e. The number of hydrogen-bond acceptors (Lipinski definition) is 4. The van der Waals surface area contributed by atoms with Gasteiger partial charge in [-0.15, -0.1) is 11.6 Å². The van der Waals surface area contributed by atoms with Gasteiger partial charge in [-0.05, 0) is 31.2 Å². The molecule has 0 aliphatic carbocycles. The number of nitrogens with zero attached hydrogens (tertiary/aromatic N) is 2. The molecule has 4 atom stereocenters. The maximum Gasteiger partial charge on any atom is 0.281 e. The van der Waals surface area contributed by atoms with Crippen LogP contribution in [0.3, 0.4) is 0 Å². The highest BCUT2D eigenvalue weighted by Gasteiger charge is 2.38. The van der Waals surface area contributed by atoms with Crippen LogP contribution in [0.4, 0.5) is 0 Å². The lowest BCUT2D eigenvalue weighted by Crippen LogP contribution is -2.69. The Hall–Kier alpha value is -2.36. The Morgan fingerprint density at radius 1 is 1.32 bits per heavy atom. The molecule has 9 N–H and O–H groups in total. The van der Waals surface area contributed by atoms with Gasteiger partial charge in [-0.3, -0.25) is 14.6 Å². The van der Waals surface area contributed by atoms with Crippen LogP contribution in [0.25, 0.3) is 0 Å². The first-order valence-corrected chi connectivity index (χ1v) is 11.1. The van der Waals surface area contributed by atoms with Crippen LogP contribution in [0.1, 0.15) is 31.2 Å². The normalized spacial score (nSPS) is 18.8. The zero-order valence-corrected chi connectivity index (χ0v) is 18.5. The number of carbonyl (C=O) groups excluding carboxylic acids is 2. The van der Waals surface area contributed by atoms with Gasteiger partial charge in [-0.2, -0.15) is 0 Å². The van der Waals surface area contributed by atoms with Crippen molar-refractivity contribution in [2.45, 2.75) is 56.3 Å². The molecule has 0 radical (unpaired) electrons.